The third kappa shape index (κ3) is 5.46. The van der Waals surface area contributed by atoms with Gasteiger partial charge in [-0.2, -0.15) is 0 Å². The predicted molar refractivity (Wildman–Crippen MR) is 133 cm³/mol. The number of ether oxygens (including phenoxy) is 1. The lowest BCUT2D eigenvalue weighted by Gasteiger charge is -2.43. The molecule has 0 saturated heterocycles. The SMILES string of the molecule is O=S(=O)(N[C@@H]1CCC[C@H](N2c3ccccc3CCc3ccccc32)[C@H]1O)c1ccc(OC(F)(F)F)cc1. The Morgan fingerprint density at radius 3 is 2.00 bits per heavy atom. The number of rotatable bonds is 5. The minimum Gasteiger partial charge on any atom is -0.406 e. The van der Waals surface area contributed by atoms with Gasteiger partial charge in [0.25, 0.3) is 0 Å². The zero-order chi connectivity index (χ0) is 26.2. The number of alkyl halides is 3. The molecule has 1 aliphatic carbocycles. The van der Waals surface area contributed by atoms with Crippen molar-refractivity contribution >= 4 is 21.4 Å². The van der Waals surface area contributed by atoms with Crippen molar-refractivity contribution in [3.63, 3.8) is 0 Å². The van der Waals surface area contributed by atoms with Gasteiger partial charge >= 0.3 is 6.36 Å². The van der Waals surface area contributed by atoms with Gasteiger partial charge in [-0.3, -0.25) is 0 Å². The molecule has 1 fully saturated rings. The molecule has 0 radical (unpaired) electrons. The fraction of sp³-hybridized carbons (Fsp3) is 0.333. The molecule has 2 aliphatic rings. The van der Waals surface area contributed by atoms with Crippen LogP contribution in [-0.4, -0.2) is 38.1 Å². The van der Waals surface area contributed by atoms with Crippen LogP contribution in [0.4, 0.5) is 24.5 Å². The summed E-state index contributed by atoms with van der Waals surface area (Å²) in [6, 6.07) is 19.0. The van der Waals surface area contributed by atoms with Gasteiger partial charge in [0, 0.05) is 11.4 Å². The Morgan fingerprint density at radius 1 is 0.865 bits per heavy atom. The van der Waals surface area contributed by atoms with Gasteiger partial charge in [0.05, 0.1) is 23.1 Å². The van der Waals surface area contributed by atoms with Gasteiger partial charge in [0.2, 0.25) is 10.0 Å². The Balaban J connectivity index is 1.41. The summed E-state index contributed by atoms with van der Waals surface area (Å²) in [6.45, 7) is 0. The van der Waals surface area contributed by atoms with Crippen molar-refractivity contribution in [3.8, 4) is 5.75 Å². The van der Waals surface area contributed by atoms with Crippen molar-refractivity contribution in [2.75, 3.05) is 4.90 Å². The summed E-state index contributed by atoms with van der Waals surface area (Å²) in [6.07, 6.45) is -2.38. The topological polar surface area (TPSA) is 78.9 Å². The lowest BCUT2D eigenvalue weighted by molar-refractivity contribution is -0.274. The molecular formula is C27H27F3N2O4S. The van der Waals surface area contributed by atoms with E-state index < -0.39 is 34.3 Å². The number of nitrogens with one attached hydrogen (secondary N) is 1. The number of fused-ring (bicyclic) bond motifs is 2. The van der Waals surface area contributed by atoms with Crippen LogP contribution in [0.25, 0.3) is 0 Å². The van der Waals surface area contributed by atoms with Gasteiger partial charge in [-0.1, -0.05) is 36.4 Å². The first-order chi connectivity index (χ1) is 17.6. The molecule has 0 bridgehead atoms. The van der Waals surface area contributed by atoms with Crippen molar-refractivity contribution in [3.05, 3.63) is 83.9 Å². The zero-order valence-electron chi connectivity index (χ0n) is 19.9. The Hall–Kier alpha value is -3.08. The molecule has 10 heteroatoms. The molecule has 0 amide bonds. The van der Waals surface area contributed by atoms with Crippen molar-refractivity contribution in [2.45, 2.75) is 61.5 Å². The average Bonchev–Trinajstić information content (AvgIpc) is 3.02. The van der Waals surface area contributed by atoms with E-state index in [1.807, 2.05) is 36.4 Å². The molecule has 0 spiro atoms. The van der Waals surface area contributed by atoms with Gasteiger partial charge in [0.1, 0.15) is 5.75 Å². The number of anilines is 2. The minimum absolute atomic E-state index is 0.207. The molecule has 2 N–H and O–H groups in total. The summed E-state index contributed by atoms with van der Waals surface area (Å²) in [5, 5.41) is 11.5. The highest BCUT2D eigenvalue weighted by molar-refractivity contribution is 7.89. The van der Waals surface area contributed by atoms with Crippen molar-refractivity contribution < 1.29 is 31.4 Å². The summed E-state index contributed by atoms with van der Waals surface area (Å²) in [7, 11) is -4.10. The minimum atomic E-state index is -4.87. The number of hydrogen-bond donors (Lipinski definition) is 2. The Labute approximate surface area is 213 Å². The van der Waals surface area contributed by atoms with Crippen molar-refractivity contribution in [2.24, 2.45) is 0 Å². The van der Waals surface area contributed by atoms with Crippen LogP contribution in [-0.2, 0) is 22.9 Å². The molecule has 3 aromatic rings. The molecule has 6 nitrogen and oxygen atoms in total. The molecular weight excluding hydrogens is 505 g/mol. The quantitative estimate of drug-likeness (QED) is 0.479. The van der Waals surface area contributed by atoms with Crippen LogP contribution in [0, 0.1) is 0 Å². The molecule has 1 heterocycles. The van der Waals surface area contributed by atoms with Crippen molar-refractivity contribution in [1.29, 1.82) is 0 Å². The van der Waals surface area contributed by atoms with Crippen LogP contribution in [0.2, 0.25) is 0 Å². The Morgan fingerprint density at radius 2 is 1.43 bits per heavy atom. The van der Waals surface area contributed by atoms with Crippen LogP contribution >= 0.6 is 0 Å². The third-order valence-corrected chi connectivity index (χ3v) is 8.50. The summed E-state index contributed by atoms with van der Waals surface area (Å²) < 4.78 is 69.9. The highest BCUT2D eigenvalue weighted by Gasteiger charge is 2.40. The highest BCUT2D eigenvalue weighted by atomic mass is 32.2. The monoisotopic (exact) mass is 532 g/mol. The third-order valence-electron chi connectivity index (χ3n) is 6.99. The number of aliphatic hydroxyl groups excluding tert-OH is 1. The number of aliphatic hydroxyl groups is 1. The number of nitrogens with zero attached hydrogens (tertiary/aromatic N) is 1. The second-order valence-electron chi connectivity index (χ2n) is 9.36. The van der Waals surface area contributed by atoms with Crippen LogP contribution in [0.3, 0.4) is 0 Å². The maximum Gasteiger partial charge on any atom is 0.573 e. The number of para-hydroxylation sites is 2. The van der Waals surface area contributed by atoms with Crippen LogP contribution in [0.15, 0.2) is 77.7 Å². The van der Waals surface area contributed by atoms with Gasteiger partial charge < -0.3 is 14.7 Å². The van der Waals surface area contributed by atoms with E-state index in [0.29, 0.717) is 19.3 Å². The molecule has 1 saturated carbocycles. The zero-order valence-corrected chi connectivity index (χ0v) is 20.7. The molecule has 0 aromatic heterocycles. The fourth-order valence-corrected chi connectivity index (χ4v) is 6.61. The van der Waals surface area contributed by atoms with Crippen LogP contribution in [0.5, 0.6) is 5.75 Å². The van der Waals surface area contributed by atoms with Gasteiger partial charge in [-0.15, -0.1) is 13.2 Å². The van der Waals surface area contributed by atoms with Gasteiger partial charge in [-0.25, -0.2) is 13.1 Å². The predicted octanol–water partition coefficient (Wildman–Crippen LogP) is 5.08. The molecule has 196 valence electrons. The van der Waals surface area contributed by atoms with E-state index >= 15 is 0 Å². The van der Waals surface area contributed by atoms with Crippen molar-refractivity contribution in [1.82, 2.24) is 4.72 Å². The van der Waals surface area contributed by atoms with E-state index in [4.69, 9.17) is 0 Å². The van der Waals surface area contributed by atoms with E-state index in [2.05, 4.69) is 26.5 Å². The fourth-order valence-electron chi connectivity index (χ4n) is 5.33. The van der Waals surface area contributed by atoms with E-state index in [9.17, 15) is 26.7 Å². The van der Waals surface area contributed by atoms with Crippen LogP contribution < -0.4 is 14.4 Å². The molecule has 3 atom stereocenters. The van der Waals surface area contributed by atoms with Crippen LogP contribution in [0.1, 0.15) is 30.4 Å². The number of hydrogen-bond acceptors (Lipinski definition) is 5. The standard InChI is InChI=1S/C27H27F3N2O4S/c28-27(29,30)36-20-14-16-21(17-15-20)37(34,35)31-22-8-5-11-25(26(22)33)32-23-9-3-1-6-18(23)12-13-19-7-2-4-10-24(19)32/h1-4,6-7,9-10,14-17,22,25-26,31,33H,5,8,11-13H2/t22-,25+,26+/m1/s1. The summed E-state index contributed by atoms with van der Waals surface area (Å²) >= 11 is 0. The van der Waals surface area contributed by atoms with E-state index in [0.717, 1.165) is 59.6 Å². The second-order valence-corrected chi connectivity index (χ2v) is 11.1. The molecule has 0 unspecified atom stereocenters. The highest BCUT2D eigenvalue weighted by Crippen LogP contribution is 2.41. The number of sulfonamides is 1. The van der Waals surface area contributed by atoms with Gasteiger partial charge in [-0.05, 0) is 79.6 Å². The first-order valence-corrected chi connectivity index (χ1v) is 13.6. The Bertz CT molecular complexity index is 1320. The Kier molecular flexibility index (Phi) is 6.91. The smallest absolute Gasteiger partial charge is 0.406 e. The van der Waals surface area contributed by atoms with Gasteiger partial charge in [0.15, 0.2) is 0 Å². The number of aryl methyl sites for hydroxylation is 2. The molecule has 37 heavy (non-hydrogen) atoms. The largest absolute Gasteiger partial charge is 0.573 e. The van der Waals surface area contributed by atoms with E-state index in [1.165, 1.54) is 0 Å². The molecule has 3 aromatic carbocycles. The molecule has 5 rings (SSSR count). The average molecular weight is 533 g/mol. The number of halogens is 3. The first-order valence-electron chi connectivity index (χ1n) is 12.1. The molecule has 1 aliphatic heterocycles. The summed E-state index contributed by atoms with van der Waals surface area (Å²) in [5.74, 6) is -0.511. The maximum atomic E-state index is 13.1. The van der Waals surface area contributed by atoms with E-state index in [1.54, 1.807) is 0 Å². The first kappa shape index (κ1) is 25.6. The summed E-state index contributed by atoms with van der Waals surface area (Å²) in [4.78, 5) is 1.94. The van der Waals surface area contributed by atoms with E-state index in [-0.39, 0.29) is 10.9 Å². The summed E-state index contributed by atoms with van der Waals surface area (Å²) in [5.41, 5.74) is 4.32. The second kappa shape index (κ2) is 10.00. The number of benzene rings is 3. The lowest BCUT2D eigenvalue weighted by Crippen LogP contribution is -2.55. The normalized spacial score (nSPS) is 22.1. The maximum absolute atomic E-state index is 13.1. The lowest BCUT2D eigenvalue weighted by atomic mass is 9.86.